The number of benzene rings is 1. The van der Waals surface area contributed by atoms with Crippen LogP contribution >= 0.6 is 0 Å². The third kappa shape index (κ3) is 3.72. The fraction of sp³-hybridized carbons (Fsp3) is 0.312. The third-order valence-electron chi connectivity index (χ3n) is 3.55. The van der Waals surface area contributed by atoms with Gasteiger partial charge in [0.2, 0.25) is 0 Å². The van der Waals surface area contributed by atoms with Crippen molar-refractivity contribution in [1.82, 2.24) is 30.2 Å². The number of aliphatic hydroxyl groups is 1. The van der Waals surface area contributed by atoms with Gasteiger partial charge in [-0.25, -0.2) is 4.68 Å². The summed E-state index contributed by atoms with van der Waals surface area (Å²) in [5.41, 5.74) is 2.90. The average molecular weight is 325 g/mol. The fourth-order valence-corrected chi connectivity index (χ4v) is 2.44. The molecule has 0 fully saturated rings. The Bertz CT molecular complexity index is 786. The number of rotatable bonds is 6. The standard InChI is InChI=1S/C16H19N7O/c1-11-8-12(2)23(22-11)16-20-18-15(19-21-16)17-14(10-24)9-13-6-4-3-5-7-13/h3-8,14,24H,9-10H2,1-2H3,(H,17,18,19)/t14-/m0/s1. The summed E-state index contributed by atoms with van der Waals surface area (Å²) in [7, 11) is 0. The lowest BCUT2D eigenvalue weighted by Crippen LogP contribution is -2.28. The van der Waals surface area contributed by atoms with Crippen molar-refractivity contribution in [2.45, 2.75) is 26.3 Å². The molecule has 3 aromatic rings. The number of hydrogen-bond donors (Lipinski definition) is 2. The van der Waals surface area contributed by atoms with Crippen LogP contribution in [0.5, 0.6) is 0 Å². The maximum Gasteiger partial charge on any atom is 0.289 e. The average Bonchev–Trinajstić information content (AvgIpc) is 2.94. The van der Waals surface area contributed by atoms with Crippen molar-refractivity contribution in [2.75, 3.05) is 11.9 Å². The highest BCUT2D eigenvalue weighted by Crippen LogP contribution is 2.08. The highest BCUT2D eigenvalue weighted by atomic mass is 16.3. The van der Waals surface area contributed by atoms with Gasteiger partial charge in [-0.15, -0.1) is 20.4 Å². The fourth-order valence-electron chi connectivity index (χ4n) is 2.44. The van der Waals surface area contributed by atoms with Crippen molar-refractivity contribution in [1.29, 1.82) is 0 Å². The lowest BCUT2D eigenvalue weighted by Gasteiger charge is -2.15. The van der Waals surface area contributed by atoms with E-state index in [-0.39, 0.29) is 18.6 Å². The van der Waals surface area contributed by atoms with E-state index < -0.39 is 0 Å². The predicted octanol–water partition coefficient (Wildman–Crippen LogP) is 1.08. The van der Waals surface area contributed by atoms with Crippen LogP contribution in [0.15, 0.2) is 36.4 Å². The largest absolute Gasteiger partial charge is 0.394 e. The zero-order valence-corrected chi connectivity index (χ0v) is 13.6. The van der Waals surface area contributed by atoms with Gasteiger partial charge in [-0.05, 0) is 31.9 Å². The van der Waals surface area contributed by atoms with Gasteiger partial charge in [0.05, 0.1) is 18.3 Å². The molecule has 2 heterocycles. The van der Waals surface area contributed by atoms with E-state index in [1.54, 1.807) is 4.68 Å². The van der Waals surface area contributed by atoms with Crippen LogP contribution < -0.4 is 5.32 Å². The molecule has 2 aromatic heterocycles. The molecule has 1 aromatic carbocycles. The van der Waals surface area contributed by atoms with E-state index in [1.807, 2.05) is 50.2 Å². The topological polar surface area (TPSA) is 102 Å². The summed E-state index contributed by atoms with van der Waals surface area (Å²) >= 11 is 0. The molecule has 0 saturated heterocycles. The van der Waals surface area contributed by atoms with Crippen LogP contribution in [0.1, 0.15) is 17.0 Å². The quantitative estimate of drug-likeness (QED) is 0.699. The summed E-state index contributed by atoms with van der Waals surface area (Å²) in [5.74, 6) is 0.588. The zero-order valence-electron chi connectivity index (χ0n) is 13.6. The normalized spacial score (nSPS) is 12.1. The Morgan fingerprint density at radius 1 is 1.08 bits per heavy atom. The minimum absolute atomic E-state index is 0.0442. The summed E-state index contributed by atoms with van der Waals surface area (Å²) in [5, 5.41) is 33.0. The third-order valence-corrected chi connectivity index (χ3v) is 3.55. The number of nitrogens with one attached hydrogen (secondary N) is 1. The molecule has 1 atom stereocenters. The number of aliphatic hydroxyl groups excluding tert-OH is 1. The highest BCUT2D eigenvalue weighted by molar-refractivity contribution is 5.26. The SMILES string of the molecule is Cc1cc(C)n(-c2nnc(N[C@H](CO)Cc3ccccc3)nn2)n1. The van der Waals surface area contributed by atoms with E-state index in [0.717, 1.165) is 17.0 Å². The van der Waals surface area contributed by atoms with Gasteiger partial charge in [-0.1, -0.05) is 30.3 Å². The van der Waals surface area contributed by atoms with Gasteiger partial charge in [0.1, 0.15) is 0 Å². The Hall–Kier alpha value is -2.87. The second-order valence-electron chi connectivity index (χ2n) is 5.58. The first-order valence-electron chi connectivity index (χ1n) is 7.68. The summed E-state index contributed by atoms with van der Waals surface area (Å²) < 4.78 is 1.59. The van der Waals surface area contributed by atoms with Gasteiger partial charge < -0.3 is 10.4 Å². The van der Waals surface area contributed by atoms with Crippen molar-refractivity contribution in [3.8, 4) is 5.95 Å². The molecular formula is C16H19N7O. The molecule has 0 radical (unpaired) electrons. The summed E-state index contributed by atoms with van der Waals surface area (Å²) in [4.78, 5) is 0. The molecule has 0 aliphatic carbocycles. The van der Waals surface area contributed by atoms with Crippen LogP contribution in [0.25, 0.3) is 5.95 Å². The van der Waals surface area contributed by atoms with E-state index in [1.165, 1.54) is 0 Å². The van der Waals surface area contributed by atoms with Crippen LogP contribution in [-0.2, 0) is 6.42 Å². The van der Waals surface area contributed by atoms with Gasteiger partial charge in [0.25, 0.3) is 11.9 Å². The Morgan fingerprint density at radius 3 is 2.38 bits per heavy atom. The van der Waals surface area contributed by atoms with Crippen molar-refractivity contribution < 1.29 is 5.11 Å². The van der Waals surface area contributed by atoms with E-state index in [2.05, 4.69) is 30.8 Å². The highest BCUT2D eigenvalue weighted by Gasteiger charge is 2.12. The molecule has 3 rings (SSSR count). The molecule has 0 unspecified atom stereocenters. The van der Waals surface area contributed by atoms with E-state index in [9.17, 15) is 5.11 Å². The minimum Gasteiger partial charge on any atom is -0.394 e. The van der Waals surface area contributed by atoms with E-state index in [4.69, 9.17) is 0 Å². The van der Waals surface area contributed by atoms with Gasteiger partial charge in [0.15, 0.2) is 0 Å². The maximum atomic E-state index is 9.55. The molecule has 124 valence electrons. The first-order valence-corrected chi connectivity index (χ1v) is 7.68. The molecule has 8 nitrogen and oxygen atoms in total. The Kier molecular flexibility index (Phi) is 4.76. The lowest BCUT2D eigenvalue weighted by atomic mass is 10.1. The summed E-state index contributed by atoms with van der Waals surface area (Å²) in [6.07, 6.45) is 0.653. The van der Waals surface area contributed by atoms with Gasteiger partial charge in [0, 0.05) is 5.69 Å². The molecule has 0 aliphatic rings. The predicted molar refractivity (Wildman–Crippen MR) is 88.9 cm³/mol. The molecule has 0 saturated carbocycles. The van der Waals surface area contributed by atoms with Crippen LogP contribution in [-0.4, -0.2) is 47.9 Å². The van der Waals surface area contributed by atoms with Crippen molar-refractivity contribution in [2.24, 2.45) is 0 Å². The van der Waals surface area contributed by atoms with Crippen LogP contribution in [0.3, 0.4) is 0 Å². The minimum atomic E-state index is -0.212. The first-order chi connectivity index (χ1) is 11.7. The van der Waals surface area contributed by atoms with Crippen LogP contribution in [0.2, 0.25) is 0 Å². The van der Waals surface area contributed by atoms with Gasteiger partial charge in [-0.3, -0.25) is 0 Å². The lowest BCUT2D eigenvalue weighted by molar-refractivity contribution is 0.273. The number of aryl methyl sites for hydroxylation is 2. The second-order valence-corrected chi connectivity index (χ2v) is 5.58. The monoisotopic (exact) mass is 325 g/mol. The van der Waals surface area contributed by atoms with Crippen molar-refractivity contribution in [3.63, 3.8) is 0 Å². The van der Waals surface area contributed by atoms with E-state index in [0.29, 0.717) is 12.4 Å². The van der Waals surface area contributed by atoms with E-state index >= 15 is 0 Å². The zero-order chi connectivity index (χ0) is 16.9. The molecule has 0 bridgehead atoms. The Balaban J connectivity index is 1.70. The second kappa shape index (κ2) is 7.14. The van der Waals surface area contributed by atoms with Gasteiger partial charge >= 0.3 is 0 Å². The molecule has 24 heavy (non-hydrogen) atoms. The molecule has 8 heteroatoms. The number of hydrogen-bond acceptors (Lipinski definition) is 7. The maximum absolute atomic E-state index is 9.55. The summed E-state index contributed by atoms with van der Waals surface area (Å²) in [6.45, 7) is 3.77. The smallest absolute Gasteiger partial charge is 0.289 e. The first kappa shape index (κ1) is 16.0. The molecule has 0 spiro atoms. The number of nitrogens with zero attached hydrogens (tertiary/aromatic N) is 6. The molecule has 2 N–H and O–H groups in total. The van der Waals surface area contributed by atoms with Gasteiger partial charge in [-0.2, -0.15) is 5.10 Å². The molecule has 0 amide bonds. The number of aromatic nitrogens is 6. The Labute approximate surface area is 139 Å². The molecule has 0 aliphatic heterocycles. The molecular weight excluding hydrogens is 306 g/mol. The van der Waals surface area contributed by atoms with Crippen molar-refractivity contribution in [3.05, 3.63) is 53.3 Å². The number of anilines is 1. The van der Waals surface area contributed by atoms with Crippen molar-refractivity contribution >= 4 is 5.95 Å². The van der Waals surface area contributed by atoms with Crippen LogP contribution in [0, 0.1) is 13.8 Å². The van der Waals surface area contributed by atoms with Crippen LogP contribution in [0.4, 0.5) is 5.95 Å². The Morgan fingerprint density at radius 2 is 1.79 bits per heavy atom. The summed E-state index contributed by atoms with van der Waals surface area (Å²) in [6, 6.07) is 11.6.